The second-order valence-electron chi connectivity index (χ2n) is 5.41. The van der Waals surface area contributed by atoms with Crippen LogP contribution in [0.2, 0.25) is 0 Å². The number of amides is 1. The molecule has 1 fully saturated rings. The molecule has 0 aromatic carbocycles. The maximum absolute atomic E-state index is 12.2. The number of carbonyl (C=O) groups excluding carboxylic acids is 1. The van der Waals surface area contributed by atoms with Crippen molar-refractivity contribution in [3.05, 3.63) is 29.2 Å². The number of hydrogen-bond donors (Lipinski definition) is 0. The lowest BCUT2D eigenvalue weighted by atomic mass is 10.2. The minimum atomic E-state index is 0.224. The number of aromatic nitrogens is 2. The normalized spacial score (nSPS) is 15.3. The molecule has 0 spiro atoms. The second-order valence-corrected chi connectivity index (χ2v) is 6.33. The van der Waals surface area contributed by atoms with Crippen molar-refractivity contribution in [3.63, 3.8) is 0 Å². The van der Waals surface area contributed by atoms with Gasteiger partial charge in [0.1, 0.15) is 0 Å². The summed E-state index contributed by atoms with van der Waals surface area (Å²) in [6.45, 7) is 5.22. The first-order valence-corrected chi connectivity index (χ1v) is 8.46. The molecule has 0 bridgehead atoms. The van der Waals surface area contributed by atoms with Crippen LogP contribution in [0.15, 0.2) is 22.0 Å². The summed E-state index contributed by atoms with van der Waals surface area (Å²) in [5, 5.41) is 7.13. The fourth-order valence-electron chi connectivity index (χ4n) is 2.62. The zero-order valence-electron chi connectivity index (χ0n) is 12.7. The zero-order chi connectivity index (χ0) is 15.4. The van der Waals surface area contributed by atoms with Crippen LogP contribution in [-0.2, 0) is 11.2 Å². The molecule has 118 valence electrons. The topological polar surface area (TPSA) is 62.5 Å². The third kappa shape index (κ3) is 3.65. The van der Waals surface area contributed by atoms with E-state index in [4.69, 9.17) is 4.52 Å². The number of aryl methyl sites for hydroxylation is 2. The number of carbonyl (C=O) groups is 1. The Balaban J connectivity index is 1.40. The quantitative estimate of drug-likeness (QED) is 0.844. The highest BCUT2D eigenvalue weighted by Crippen LogP contribution is 2.22. The van der Waals surface area contributed by atoms with Gasteiger partial charge in [-0.25, -0.2) is 0 Å². The van der Waals surface area contributed by atoms with Crippen LogP contribution in [-0.4, -0.2) is 47.1 Å². The molecule has 2 aromatic rings. The molecule has 6 nitrogen and oxygen atoms in total. The first-order valence-electron chi connectivity index (χ1n) is 7.58. The predicted octanol–water partition coefficient (Wildman–Crippen LogP) is 2.11. The molecule has 3 rings (SSSR count). The molecule has 0 atom stereocenters. The largest absolute Gasteiger partial charge is 0.360 e. The van der Waals surface area contributed by atoms with Gasteiger partial charge < -0.3 is 14.3 Å². The predicted molar refractivity (Wildman–Crippen MR) is 85.1 cm³/mol. The molecule has 22 heavy (non-hydrogen) atoms. The Morgan fingerprint density at radius 1 is 1.36 bits per heavy atom. The Kier molecular flexibility index (Phi) is 4.72. The van der Waals surface area contributed by atoms with Crippen molar-refractivity contribution >= 4 is 22.2 Å². The third-order valence-corrected chi connectivity index (χ3v) is 4.73. The van der Waals surface area contributed by atoms with E-state index in [0.717, 1.165) is 32.6 Å². The maximum Gasteiger partial charge on any atom is 0.226 e. The first-order chi connectivity index (χ1) is 10.7. The average molecular weight is 320 g/mol. The number of piperazine rings is 1. The molecule has 0 saturated carbocycles. The fourth-order valence-corrected chi connectivity index (χ4v) is 3.40. The smallest absolute Gasteiger partial charge is 0.226 e. The Labute approximate surface area is 133 Å². The number of nitrogens with zero attached hydrogens (tertiary/aromatic N) is 4. The Morgan fingerprint density at radius 2 is 2.18 bits per heavy atom. The zero-order valence-corrected chi connectivity index (χ0v) is 13.5. The fraction of sp³-hybridized carbons (Fsp3) is 0.533. The van der Waals surface area contributed by atoms with Gasteiger partial charge in [0.15, 0.2) is 5.82 Å². The van der Waals surface area contributed by atoms with Crippen LogP contribution in [0, 0.1) is 6.92 Å². The van der Waals surface area contributed by atoms with Crippen molar-refractivity contribution < 1.29 is 9.32 Å². The Bertz CT molecular complexity index is 603. The first kappa shape index (κ1) is 15.0. The highest BCUT2D eigenvalue weighted by molar-refractivity contribution is 7.14. The number of anilines is 1. The number of thiophene rings is 1. The summed E-state index contributed by atoms with van der Waals surface area (Å²) in [5.41, 5.74) is 0. The standard InChI is InChI=1S/C15H20N4O2S/c1-12-16-13(21-17-12)4-2-5-14(20)18-7-9-19(10-8-18)15-6-3-11-22-15/h3,6,11H,2,4-5,7-10H2,1H3. The van der Waals surface area contributed by atoms with Crippen LogP contribution in [0.4, 0.5) is 5.00 Å². The summed E-state index contributed by atoms with van der Waals surface area (Å²) < 4.78 is 5.06. The van der Waals surface area contributed by atoms with E-state index in [9.17, 15) is 4.79 Å². The molecule has 1 amide bonds. The van der Waals surface area contributed by atoms with Gasteiger partial charge >= 0.3 is 0 Å². The molecular formula is C15H20N4O2S. The second kappa shape index (κ2) is 6.91. The van der Waals surface area contributed by atoms with Crippen molar-refractivity contribution in [1.29, 1.82) is 0 Å². The van der Waals surface area contributed by atoms with E-state index in [1.165, 1.54) is 5.00 Å². The third-order valence-electron chi connectivity index (χ3n) is 3.80. The van der Waals surface area contributed by atoms with Gasteiger partial charge in [-0.1, -0.05) is 5.16 Å². The van der Waals surface area contributed by atoms with Crippen LogP contribution >= 0.6 is 11.3 Å². The summed E-state index contributed by atoms with van der Waals surface area (Å²) in [6.07, 6.45) is 1.97. The van der Waals surface area contributed by atoms with Crippen LogP contribution in [0.25, 0.3) is 0 Å². The molecule has 1 saturated heterocycles. The lowest BCUT2D eigenvalue weighted by Crippen LogP contribution is -2.48. The lowest BCUT2D eigenvalue weighted by Gasteiger charge is -2.35. The van der Waals surface area contributed by atoms with Crippen LogP contribution in [0.1, 0.15) is 24.6 Å². The SMILES string of the molecule is Cc1noc(CCCC(=O)N2CCN(c3cccs3)CC2)n1. The van der Waals surface area contributed by atoms with Crippen LogP contribution in [0.5, 0.6) is 0 Å². The minimum absolute atomic E-state index is 0.224. The van der Waals surface area contributed by atoms with Crippen molar-refractivity contribution in [2.45, 2.75) is 26.2 Å². The number of hydrogen-bond acceptors (Lipinski definition) is 6. The van der Waals surface area contributed by atoms with Gasteiger partial charge in [-0.3, -0.25) is 4.79 Å². The van der Waals surface area contributed by atoms with Gasteiger partial charge in [0.05, 0.1) is 5.00 Å². The molecule has 1 aliphatic rings. The molecule has 1 aliphatic heterocycles. The maximum atomic E-state index is 12.2. The van der Waals surface area contributed by atoms with E-state index in [2.05, 4.69) is 32.6 Å². The van der Waals surface area contributed by atoms with E-state index < -0.39 is 0 Å². The molecule has 3 heterocycles. The van der Waals surface area contributed by atoms with E-state index in [1.807, 2.05) is 4.90 Å². The van der Waals surface area contributed by atoms with Gasteiger partial charge in [-0.15, -0.1) is 11.3 Å². The lowest BCUT2D eigenvalue weighted by molar-refractivity contribution is -0.131. The van der Waals surface area contributed by atoms with Crippen molar-refractivity contribution in [2.75, 3.05) is 31.1 Å². The summed E-state index contributed by atoms with van der Waals surface area (Å²) in [5.74, 6) is 1.49. The average Bonchev–Trinajstić information content (AvgIpc) is 3.19. The van der Waals surface area contributed by atoms with E-state index >= 15 is 0 Å². The van der Waals surface area contributed by atoms with Gasteiger partial charge in [-0.2, -0.15) is 4.98 Å². The van der Waals surface area contributed by atoms with E-state index in [0.29, 0.717) is 24.6 Å². The summed E-state index contributed by atoms with van der Waals surface area (Å²) in [4.78, 5) is 20.7. The monoisotopic (exact) mass is 320 g/mol. The highest BCUT2D eigenvalue weighted by Gasteiger charge is 2.21. The molecule has 0 aliphatic carbocycles. The Hall–Kier alpha value is -1.89. The molecule has 7 heteroatoms. The van der Waals surface area contributed by atoms with Crippen LogP contribution < -0.4 is 4.90 Å². The van der Waals surface area contributed by atoms with Gasteiger partial charge in [0.25, 0.3) is 0 Å². The van der Waals surface area contributed by atoms with Crippen molar-refractivity contribution in [3.8, 4) is 0 Å². The molecule has 0 N–H and O–H groups in total. The Morgan fingerprint density at radius 3 is 2.82 bits per heavy atom. The van der Waals surface area contributed by atoms with Gasteiger partial charge in [-0.05, 0) is 30.9 Å². The van der Waals surface area contributed by atoms with Crippen molar-refractivity contribution in [2.24, 2.45) is 0 Å². The van der Waals surface area contributed by atoms with E-state index in [-0.39, 0.29) is 5.91 Å². The van der Waals surface area contributed by atoms with Crippen LogP contribution in [0.3, 0.4) is 0 Å². The summed E-state index contributed by atoms with van der Waals surface area (Å²) >= 11 is 1.75. The number of rotatable bonds is 5. The minimum Gasteiger partial charge on any atom is -0.360 e. The van der Waals surface area contributed by atoms with Gasteiger partial charge in [0.2, 0.25) is 11.8 Å². The van der Waals surface area contributed by atoms with Crippen molar-refractivity contribution in [1.82, 2.24) is 15.0 Å². The summed E-state index contributed by atoms with van der Waals surface area (Å²) in [6, 6.07) is 4.20. The molecule has 2 aromatic heterocycles. The highest BCUT2D eigenvalue weighted by atomic mass is 32.1. The van der Waals surface area contributed by atoms with Gasteiger partial charge in [0, 0.05) is 39.0 Å². The molecule has 0 unspecified atom stereocenters. The van der Waals surface area contributed by atoms with E-state index in [1.54, 1.807) is 18.3 Å². The summed E-state index contributed by atoms with van der Waals surface area (Å²) in [7, 11) is 0. The molecular weight excluding hydrogens is 300 g/mol. The molecule has 0 radical (unpaired) electrons.